The predicted molar refractivity (Wildman–Crippen MR) is 130 cm³/mol. The van der Waals surface area contributed by atoms with E-state index in [0.717, 1.165) is 30.2 Å². The van der Waals surface area contributed by atoms with Gasteiger partial charge in [-0.25, -0.2) is 15.0 Å². The molecule has 0 bridgehead atoms. The number of carbonyl (C=O) groups is 2. The molecule has 176 valence electrons. The van der Waals surface area contributed by atoms with Crippen molar-refractivity contribution in [3.63, 3.8) is 0 Å². The average molecular weight is 479 g/mol. The molecule has 1 amide bonds. The van der Waals surface area contributed by atoms with Gasteiger partial charge in [-0.15, -0.1) is 11.3 Å². The number of anilines is 1. The summed E-state index contributed by atoms with van der Waals surface area (Å²) in [5, 5.41) is 13.3. The van der Waals surface area contributed by atoms with Gasteiger partial charge in [-0.2, -0.15) is 0 Å². The minimum absolute atomic E-state index is 0.0428. The number of imidazole rings is 1. The second-order valence-electron chi connectivity index (χ2n) is 7.87. The summed E-state index contributed by atoms with van der Waals surface area (Å²) >= 11 is 1.64. The van der Waals surface area contributed by atoms with E-state index < -0.39 is 0 Å². The number of nitrogens with zero attached hydrogens (tertiary/aromatic N) is 5. The number of amides is 1. The van der Waals surface area contributed by atoms with Crippen molar-refractivity contribution in [2.45, 2.75) is 25.2 Å². The molecule has 4 heterocycles. The van der Waals surface area contributed by atoms with Gasteiger partial charge >= 0.3 is 0 Å². The van der Waals surface area contributed by atoms with Crippen molar-refractivity contribution in [1.29, 1.82) is 0 Å². The van der Waals surface area contributed by atoms with Crippen LogP contribution in [0.1, 0.15) is 41.5 Å². The molecule has 1 aliphatic heterocycles. The Kier molecular flexibility index (Phi) is 7.17. The molecular weight excluding hydrogens is 452 g/mol. The lowest BCUT2D eigenvalue weighted by Gasteiger charge is -2.41. The number of aromatic nitrogens is 4. The lowest BCUT2D eigenvalue weighted by Crippen LogP contribution is -2.46. The largest absolute Gasteiger partial charge is 0.483 e. The molecular formula is C24H26N6O3S. The molecule has 34 heavy (non-hydrogen) atoms. The second-order valence-corrected chi connectivity index (χ2v) is 8.73. The smallest absolute Gasteiger partial charge is 0.290 e. The SMILES string of the molecule is CCNc1nc(C2(c3ccccc3)CCN(C(=O)c3cn4cccnc4n3)CC2)cs1.O=CO. The number of nitrogens with one attached hydrogen (secondary N) is 1. The average Bonchev–Trinajstić information content (AvgIpc) is 3.53. The molecule has 0 aliphatic carbocycles. The maximum atomic E-state index is 13.1. The van der Waals surface area contributed by atoms with Crippen LogP contribution in [-0.4, -0.2) is 61.4 Å². The first-order valence-electron chi connectivity index (χ1n) is 11.0. The van der Waals surface area contributed by atoms with Crippen LogP contribution in [0.15, 0.2) is 60.4 Å². The summed E-state index contributed by atoms with van der Waals surface area (Å²) in [6, 6.07) is 12.4. The second kappa shape index (κ2) is 10.4. The minimum Gasteiger partial charge on any atom is -0.483 e. The summed E-state index contributed by atoms with van der Waals surface area (Å²) < 4.78 is 1.78. The molecule has 1 aliphatic rings. The van der Waals surface area contributed by atoms with E-state index in [1.165, 1.54) is 5.56 Å². The van der Waals surface area contributed by atoms with Gasteiger partial charge in [0.15, 0.2) is 5.13 Å². The Morgan fingerprint density at radius 2 is 1.94 bits per heavy atom. The number of benzene rings is 1. The van der Waals surface area contributed by atoms with Crippen LogP contribution < -0.4 is 5.32 Å². The number of carboxylic acid groups (broad SMARTS) is 1. The topological polar surface area (TPSA) is 113 Å². The Bertz CT molecular complexity index is 1210. The van der Waals surface area contributed by atoms with Gasteiger partial charge in [-0.1, -0.05) is 30.3 Å². The third kappa shape index (κ3) is 4.62. The van der Waals surface area contributed by atoms with E-state index in [-0.39, 0.29) is 17.8 Å². The number of fused-ring (bicyclic) bond motifs is 1. The summed E-state index contributed by atoms with van der Waals surface area (Å²) in [7, 11) is 0. The summed E-state index contributed by atoms with van der Waals surface area (Å²) in [4.78, 5) is 36.9. The maximum Gasteiger partial charge on any atom is 0.290 e. The van der Waals surface area contributed by atoms with E-state index in [2.05, 4.69) is 51.9 Å². The Balaban J connectivity index is 0.000000868. The van der Waals surface area contributed by atoms with Crippen LogP contribution >= 0.6 is 11.3 Å². The molecule has 3 aromatic heterocycles. The quantitative estimate of drug-likeness (QED) is 0.422. The van der Waals surface area contributed by atoms with Crippen molar-refractivity contribution in [3.05, 3.63) is 77.3 Å². The molecule has 1 saturated heterocycles. The van der Waals surface area contributed by atoms with Crippen LogP contribution in [0, 0.1) is 0 Å². The first kappa shape index (κ1) is 23.4. The van der Waals surface area contributed by atoms with Gasteiger partial charge in [-0.05, 0) is 31.4 Å². The Morgan fingerprint density at radius 3 is 2.62 bits per heavy atom. The fraction of sp³-hybridized carbons (Fsp3) is 0.292. The van der Waals surface area contributed by atoms with Crippen LogP contribution in [0.5, 0.6) is 0 Å². The molecule has 5 rings (SSSR count). The van der Waals surface area contributed by atoms with Crippen LogP contribution in [0.2, 0.25) is 0 Å². The number of thiazole rings is 1. The highest BCUT2D eigenvalue weighted by Gasteiger charge is 2.41. The third-order valence-corrected chi connectivity index (χ3v) is 6.81. The first-order valence-corrected chi connectivity index (χ1v) is 11.9. The molecule has 0 radical (unpaired) electrons. The maximum absolute atomic E-state index is 13.1. The van der Waals surface area contributed by atoms with E-state index in [4.69, 9.17) is 14.9 Å². The normalized spacial score (nSPS) is 14.8. The predicted octanol–water partition coefficient (Wildman–Crippen LogP) is 3.54. The lowest BCUT2D eigenvalue weighted by molar-refractivity contribution is -0.122. The number of hydrogen-bond donors (Lipinski definition) is 2. The summed E-state index contributed by atoms with van der Waals surface area (Å²) in [5.41, 5.74) is 2.59. The van der Waals surface area contributed by atoms with Gasteiger partial charge < -0.3 is 15.3 Å². The van der Waals surface area contributed by atoms with E-state index in [1.807, 2.05) is 23.2 Å². The molecule has 10 heteroatoms. The summed E-state index contributed by atoms with van der Waals surface area (Å²) in [5.74, 6) is 0.499. The number of rotatable bonds is 5. The van der Waals surface area contributed by atoms with Crippen LogP contribution in [-0.2, 0) is 10.2 Å². The molecule has 4 aromatic rings. The molecule has 0 atom stereocenters. The van der Waals surface area contributed by atoms with Crippen LogP contribution in [0.3, 0.4) is 0 Å². The summed E-state index contributed by atoms with van der Waals surface area (Å²) in [6.45, 7) is 3.99. The van der Waals surface area contributed by atoms with E-state index in [0.29, 0.717) is 24.6 Å². The fourth-order valence-corrected chi connectivity index (χ4v) is 5.24. The molecule has 9 nitrogen and oxygen atoms in total. The Hall–Kier alpha value is -3.79. The molecule has 1 fully saturated rings. The van der Waals surface area contributed by atoms with Crippen molar-refractivity contribution >= 4 is 34.6 Å². The molecule has 1 aromatic carbocycles. The zero-order valence-corrected chi connectivity index (χ0v) is 19.6. The van der Waals surface area contributed by atoms with Gasteiger partial charge in [0.05, 0.1) is 5.69 Å². The third-order valence-electron chi connectivity index (χ3n) is 6.01. The number of carbonyl (C=O) groups excluding carboxylic acids is 1. The monoisotopic (exact) mass is 478 g/mol. The zero-order valence-electron chi connectivity index (χ0n) is 18.8. The van der Waals surface area contributed by atoms with Gasteiger partial charge in [0.1, 0.15) is 5.69 Å². The molecule has 0 saturated carbocycles. The first-order chi connectivity index (χ1) is 16.6. The van der Waals surface area contributed by atoms with Crippen molar-refractivity contribution in [2.24, 2.45) is 0 Å². The molecule has 0 unspecified atom stereocenters. The number of hydrogen-bond acceptors (Lipinski definition) is 7. The van der Waals surface area contributed by atoms with Gasteiger partial charge in [0.25, 0.3) is 12.4 Å². The van der Waals surface area contributed by atoms with Crippen LogP contribution in [0.25, 0.3) is 5.78 Å². The zero-order chi connectivity index (χ0) is 24.0. The minimum atomic E-state index is -0.250. The Morgan fingerprint density at radius 1 is 1.21 bits per heavy atom. The van der Waals surface area contributed by atoms with Crippen molar-refractivity contribution < 1.29 is 14.7 Å². The van der Waals surface area contributed by atoms with Crippen LogP contribution in [0.4, 0.5) is 5.13 Å². The molecule has 2 N–H and O–H groups in total. The van der Waals surface area contributed by atoms with Gasteiger partial charge in [-0.3, -0.25) is 14.0 Å². The van der Waals surface area contributed by atoms with E-state index >= 15 is 0 Å². The van der Waals surface area contributed by atoms with E-state index in [1.54, 1.807) is 28.1 Å². The van der Waals surface area contributed by atoms with Gasteiger partial charge in [0, 0.05) is 49.0 Å². The molecule has 0 spiro atoms. The lowest BCUT2D eigenvalue weighted by atomic mass is 9.70. The standard InChI is InChI=1S/C23H24N6OS.CH2O2/c1-2-24-22-27-19(16-31-22)23(17-7-4-3-5-8-17)9-13-28(14-10-23)20(30)18-15-29-12-6-11-25-21(29)26-18;2-1-3/h3-8,11-12,15-16H,2,9-10,13-14H2,1H3,(H,24,27);1H,(H,2,3). The van der Waals surface area contributed by atoms with Crippen molar-refractivity contribution in [1.82, 2.24) is 24.3 Å². The van der Waals surface area contributed by atoms with Crippen molar-refractivity contribution in [3.8, 4) is 0 Å². The highest BCUT2D eigenvalue weighted by atomic mass is 32.1. The number of piperidine rings is 1. The van der Waals surface area contributed by atoms with Gasteiger partial charge in [0.2, 0.25) is 5.78 Å². The number of likely N-dealkylation sites (tertiary alicyclic amines) is 1. The highest BCUT2D eigenvalue weighted by Crippen LogP contribution is 2.42. The van der Waals surface area contributed by atoms with E-state index in [9.17, 15) is 4.79 Å². The highest BCUT2D eigenvalue weighted by molar-refractivity contribution is 7.13. The summed E-state index contributed by atoms with van der Waals surface area (Å²) in [6.07, 6.45) is 6.94. The Labute approximate surface area is 201 Å². The fourth-order valence-electron chi connectivity index (χ4n) is 4.36. The van der Waals surface area contributed by atoms with Crippen molar-refractivity contribution in [2.75, 3.05) is 25.0 Å².